The van der Waals surface area contributed by atoms with Crippen molar-refractivity contribution in [3.8, 4) is 0 Å². The van der Waals surface area contributed by atoms with E-state index in [0.29, 0.717) is 15.1 Å². The Morgan fingerprint density at radius 3 is 2.16 bits per heavy atom. The third-order valence-corrected chi connectivity index (χ3v) is 4.50. The van der Waals surface area contributed by atoms with Gasteiger partial charge in [0.15, 0.2) is 0 Å². The van der Waals surface area contributed by atoms with Gasteiger partial charge < -0.3 is 0 Å². The monoisotopic (exact) mass is 426 g/mol. The highest BCUT2D eigenvalue weighted by Crippen LogP contribution is 2.33. The Balaban J connectivity index is 2.55. The number of nitrogens with one attached hydrogen (secondary N) is 1. The van der Waals surface area contributed by atoms with Crippen molar-refractivity contribution in [2.75, 3.05) is 0 Å². The zero-order valence-electron chi connectivity index (χ0n) is 9.63. The molecule has 0 spiro atoms. The van der Waals surface area contributed by atoms with Crippen LogP contribution in [0.25, 0.3) is 0 Å². The van der Waals surface area contributed by atoms with E-state index in [1.54, 1.807) is 18.2 Å². The maximum Gasteiger partial charge on any atom is 0.0735 e. The standard InChI is InChI=1S/C13H10Cl3IN2/c14-7-1-3-11(16)9(5-7)13(19-18)10-6-8(15)2-4-12(10)17/h1-6,13,19H,18H2. The first kappa shape index (κ1) is 15.4. The van der Waals surface area contributed by atoms with Crippen LogP contribution in [-0.4, -0.2) is 0 Å². The first-order valence-corrected chi connectivity index (χ1v) is 7.60. The van der Waals surface area contributed by atoms with Gasteiger partial charge in [0, 0.05) is 18.6 Å². The predicted molar refractivity (Wildman–Crippen MR) is 89.8 cm³/mol. The van der Waals surface area contributed by atoms with Gasteiger partial charge in [-0.2, -0.15) is 0 Å². The number of benzene rings is 2. The Hall–Kier alpha value is -0.0400. The fraction of sp³-hybridized carbons (Fsp3) is 0.0769. The summed E-state index contributed by atoms with van der Waals surface area (Å²) in [4.78, 5) is 0. The second-order valence-electron chi connectivity index (χ2n) is 3.93. The van der Waals surface area contributed by atoms with Gasteiger partial charge in [-0.05, 0) is 70.1 Å². The van der Waals surface area contributed by atoms with E-state index in [9.17, 15) is 0 Å². The van der Waals surface area contributed by atoms with Crippen LogP contribution in [0.5, 0.6) is 0 Å². The summed E-state index contributed by atoms with van der Waals surface area (Å²) in [6, 6.07) is 10.7. The second kappa shape index (κ2) is 6.61. The van der Waals surface area contributed by atoms with Gasteiger partial charge in [-0.15, -0.1) is 0 Å². The molecule has 0 radical (unpaired) electrons. The molecule has 100 valence electrons. The number of rotatable bonds is 3. The minimum Gasteiger partial charge on any atom is -0.271 e. The van der Waals surface area contributed by atoms with Crippen molar-refractivity contribution in [2.24, 2.45) is 5.84 Å². The highest BCUT2D eigenvalue weighted by Gasteiger charge is 2.18. The van der Waals surface area contributed by atoms with E-state index in [1.807, 2.05) is 18.2 Å². The first-order chi connectivity index (χ1) is 9.02. The maximum atomic E-state index is 6.22. The van der Waals surface area contributed by atoms with Crippen molar-refractivity contribution in [1.29, 1.82) is 0 Å². The lowest BCUT2D eigenvalue weighted by Crippen LogP contribution is -2.29. The van der Waals surface area contributed by atoms with Crippen LogP contribution in [0, 0.1) is 3.57 Å². The molecule has 1 unspecified atom stereocenters. The van der Waals surface area contributed by atoms with E-state index in [0.717, 1.165) is 14.7 Å². The van der Waals surface area contributed by atoms with Gasteiger partial charge in [-0.1, -0.05) is 34.8 Å². The molecule has 0 aliphatic heterocycles. The van der Waals surface area contributed by atoms with Gasteiger partial charge >= 0.3 is 0 Å². The number of hydrogen-bond acceptors (Lipinski definition) is 2. The summed E-state index contributed by atoms with van der Waals surface area (Å²) in [6.45, 7) is 0. The van der Waals surface area contributed by atoms with Gasteiger partial charge in [-0.25, -0.2) is 5.43 Å². The Morgan fingerprint density at radius 2 is 1.53 bits per heavy atom. The molecule has 0 bridgehead atoms. The smallest absolute Gasteiger partial charge is 0.0735 e. The molecule has 19 heavy (non-hydrogen) atoms. The summed E-state index contributed by atoms with van der Waals surface area (Å²) in [5, 5.41) is 1.86. The molecule has 0 aliphatic carbocycles. The predicted octanol–water partition coefficient (Wildman–Crippen LogP) is 4.80. The maximum absolute atomic E-state index is 6.22. The zero-order chi connectivity index (χ0) is 14.0. The molecule has 3 N–H and O–H groups in total. The van der Waals surface area contributed by atoms with Crippen molar-refractivity contribution < 1.29 is 0 Å². The average Bonchev–Trinajstić information content (AvgIpc) is 2.38. The average molecular weight is 428 g/mol. The molecule has 0 amide bonds. The summed E-state index contributed by atoms with van der Waals surface area (Å²) in [7, 11) is 0. The fourth-order valence-corrected chi connectivity index (χ4v) is 3.05. The number of hydrazine groups is 1. The molecule has 0 saturated carbocycles. The summed E-state index contributed by atoms with van der Waals surface area (Å²) >= 11 is 20.5. The van der Waals surface area contributed by atoms with Crippen LogP contribution >= 0.6 is 57.4 Å². The topological polar surface area (TPSA) is 38.0 Å². The largest absolute Gasteiger partial charge is 0.271 e. The van der Waals surface area contributed by atoms with Crippen molar-refractivity contribution in [3.63, 3.8) is 0 Å². The SMILES string of the molecule is NNC(c1cc(Cl)ccc1Cl)c1cc(Cl)ccc1I. The molecule has 0 heterocycles. The van der Waals surface area contributed by atoms with Crippen LogP contribution < -0.4 is 11.3 Å². The molecular formula is C13H10Cl3IN2. The summed E-state index contributed by atoms with van der Waals surface area (Å²) < 4.78 is 1.04. The van der Waals surface area contributed by atoms with E-state index in [-0.39, 0.29) is 6.04 Å². The van der Waals surface area contributed by atoms with E-state index in [1.165, 1.54) is 0 Å². The van der Waals surface area contributed by atoms with Crippen molar-refractivity contribution >= 4 is 57.4 Å². The van der Waals surface area contributed by atoms with E-state index in [4.69, 9.17) is 40.6 Å². The molecule has 0 aromatic heterocycles. The molecule has 1 atom stereocenters. The minimum absolute atomic E-state index is 0.267. The van der Waals surface area contributed by atoms with Gasteiger partial charge in [-0.3, -0.25) is 5.84 Å². The van der Waals surface area contributed by atoms with Crippen LogP contribution in [0.4, 0.5) is 0 Å². The lowest BCUT2D eigenvalue weighted by atomic mass is 9.99. The Labute approximate surface area is 140 Å². The van der Waals surface area contributed by atoms with Crippen LogP contribution in [0.2, 0.25) is 15.1 Å². The van der Waals surface area contributed by atoms with Gasteiger partial charge in [0.1, 0.15) is 0 Å². The number of nitrogens with two attached hydrogens (primary N) is 1. The minimum atomic E-state index is -0.267. The van der Waals surface area contributed by atoms with Crippen LogP contribution in [-0.2, 0) is 0 Å². The van der Waals surface area contributed by atoms with Crippen molar-refractivity contribution in [1.82, 2.24) is 5.43 Å². The van der Waals surface area contributed by atoms with Crippen molar-refractivity contribution in [3.05, 3.63) is 66.2 Å². The quantitative estimate of drug-likeness (QED) is 0.419. The van der Waals surface area contributed by atoms with E-state index in [2.05, 4.69) is 28.0 Å². The lowest BCUT2D eigenvalue weighted by Gasteiger charge is -2.20. The first-order valence-electron chi connectivity index (χ1n) is 5.39. The van der Waals surface area contributed by atoms with Gasteiger partial charge in [0.05, 0.1) is 6.04 Å². The third-order valence-electron chi connectivity index (χ3n) is 2.70. The molecule has 2 nitrogen and oxygen atoms in total. The van der Waals surface area contributed by atoms with Crippen LogP contribution in [0.3, 0.4) is 0 Å². The highest BCUT2D eigenvalue weighted by molar-refractivity contribution is 14.1. The Bertz CT molecular complexity index is 553. The molecule has 0 saturated heterocycles. The molecular weight excluding hydrogens is 417 g/mol. The number of hydrogen-bond donors (Lipinski definition) is 2. The van der Waals surface area contributed by atoms with Gasteiger partial charge in [0.2, 0.25) is 0 Å². The highest BCUT2D eigenvalue weighted by atomic mass is 127. The summed E-state index contributed by atoms with van der Waals surface area (Å²) in [6.07, 6.45) is 0. The third kappa shape index (κ3) is 3.54. The Kier molecular flexibility index (Phi) is 5.34. The molecule has 0 aliphatic rings. The Morgan fingerprint density at radius 1 is 0.947 bits per heavy atom. The van der Waals surface area contributed by atoms with Crippen LogP contribution in [0.15, 0.2) is 36.4 Å². The van der Waals surface area contributed by atoms with E-state index < -0.39 is 0 Å². The summed E-state index contributed by atoms with van der Waals surface area (Å²) in [5.41, 5.74) is 4.54. The van der Waals surface area contributed by atoms with Crippen LogP contribution in [0.1, 0.15) is 17.2 Å². The molecule has 6 heteroatoms. The second-order valence-corrected chi connectivity index (χ2v) is 6.37. The van der Waals surface area contributed by atoms with Crippen molar-refractivity contribution in [2.45, 2.75) is 6.04 Å². The van der Waals surface area contributed by atoms with E-state index >= 15 is 0 Å². The molecule has 2 aromatic rings. The number of halogens is 4. The summed E-state index contributed by atoms with van der Waals surface area (Å²) in [5.74, 6) is 5.68. The van der Waals surface area contributed by atoms with Gasteiger partial charge in [0.25, 0.3) is 0 Å². The normalized spacial score (nSPS) is 12.5. The molecule has 0 fully saturated rings. The zero-order valence-corrected chi connectivity index (χ0v) is 14.1. The molecule has 2 aromatic carbocycles. The fourth-order valence-electron chi connectivity index (χ4n) is 1.82. The lowest BCUT2D eigenvalue weighted by molar-refractivity contribution is 0.634. The molecule has 2 rings (SSSR count).